The van der Waals surface area contributed by atoms with E-state index in [2.05, 4.69) is 10.6 Å². The predicted octanol–water partition coefficient (Wildman–Crippen LogP) is 1.45. The van der Waals surface area contributed by atoms with Gasteiger partial charge >= 0.3 is 5.97 Å². The fourth-order valence-electron chi connectivity index (χ4n) is 3.04. The Morgan fingerprint density at radius 1 is 1.23 bits per heavy atom. The molecule has 1 aromatic heterocycles. The Kier molecular flexibility index (Phi) is 6.18. The van der Waals surface area contributed by atoms with Gasteiger partial charge < -0.3 is 20.2 Å². The Morgan fingerprint density at radius 3 is 2.50 bits per heavy atom. The van der Waals surface area contributed by atoms with Crippen LogP contribution in [0, 0.1) is 12.8 Å². The first-order valence-electron chi connectivity index (χ1n) is 8.66. The zero-order valence-corrected chi connectivity index (χ0v) is 15.2. The van der Waals surface area contributed by atoms with E-state index >= 15 is 0 Å². The lowest BCUT2D eigenvalue weighted by Crippen LogP contribution is -2.46. The third-order valence-corrected chi connectivity index (χ3v) is 4.26. The second-order valence-electron chi connectivity index (χ2n) is 6.90. The van der Waals surface area contributed by atoms with Gasteiger partial charge in [-0.15, -0.1) is 0 Å². The van der Waals surface area contributed by atoms with Crippen LogP contribution in [0.15, 0.2) is 4.42 Å². The van der Waals surface area contributed by atoms with Crippen molar-refractivity contribution in [1.82, 2.24) is 10.6 Å². The van der Waals surface area contributed by atoms with Gasteiger partial charge in [0.25, 0.3) is 5.91 Å². The van der Waals surface area contributed by atoms with Gasteiger partial charge in [0.1, 0.15) is 11.8 Å². The molecule has 1 aliphatic carbocycles. The number of carbonyl (C=O) groups excluding carboxylic acids is 3. The number of nitrogens with one attached hydrogen (secondary N) is 2. The van der Waals surface area contributed by atoms with E-state index in [1.807, 2.05) is 13.8 Å². The first-order valence-corrected chi connectivity index (χ1v) is 8.66. The fraction of sp³-hybridized carbons (Fsp3) is 0.556. The van der Waals surface area contributed by atoms with Gasteiger partial charge in [-0.05, 0) is 25.7 Å². The van der Waals surface area contributed by atoms with Crippen molar-refractivity contribution >= 4 is 23.6 Å². The number of fused-ring (bicyclic) bond motifs is 1. The average Bonchev–Trinajstić information content (AvgIpc) is 2.90. The van der Waals surface area contributed by atoms with Crippen molar-refractivity contribution in [3.8, 4) is 0 Å². The minimum atomic E-state index is -1.12. The number of hydrogen-bond donors (Lipinski definition) is 3. The highest BCUT2D eigenvalue weighted by Gasteiger charge is 2.29. The second-order valence-corrected chi connectivity index (χ2v) is 6.90. The van der Waals surface area contributed by atoms with E-state index in [4.69, 9.17) is 9.52 Å². The number of furan rings is 1. The van der Waals surface area contributed by atoms with Gasteiger partial charge in [-0.1, -0.05) is 13.8 Å². The number of carbonyl (C=O) groups is 4. The molecule has 1 aromatic rings. The van der Waals surface area contributed by atoms with E-state index in [1.54, 1.807) is 6.92 Å². The molecule has 0 saturated heterocycles. The van der Waals surface area contributed by atoms with Crippen LogP contribution in [0.1, 0.15) is 65.3 Å². The molecule has 8 heteroatoms. The standard InChI is InChI=1S/C18H24N2O6/c1-9(2)7-11(18(24)25)20-14(22)8-19-17(23)16-10(3)15-12(21)5-4-6-13(15)26-16/h9,11H,4-8H2,1-3H3,(H,19,23)(H,20,22)(H,24,25)/t11-/m0/s1. The van der Waals surface area contributed by atoms with Crippen LogP contribution in [0.25, 0.3) is 0 Å². The molecule has 2 rings (SSSR count). The first-order chi connectivity index (χ1) is 12.2. The fourth-order valence-corrected chi connectivity index (χ4v) is 3.04. The molecule has 8 nitrogen and oxygen atoms in total. The quantitative estimate of drug-likeness (QED) is 0.672. The Balaban J connectivity index is 1.97. The average molecular weight is 364 g/mol. The van der Waals surface area contributed by atoms with Gasteiger partial charge in [0.15, 0.2) is 11.5 Å². The van der Waals surface area contributed by atoms with Crippen molar-refractivity contribution in [3.05, 3.63) is 22.6 Å². The van der Waals surface area contributed by atoms with Gasteiger partial charge in [-0.25, -0.2) is 4.79 Å². The highest BCUT2D eigenvalue weighted by molar-refractivity contribution is 6.04. The van der Waals surface area contributed by atoms with Crippen LogP contribution in [-0.2, 0) is 16.0 Å². The Bertz CT molecular complexity index is 734. The molecule has 0 aliphatic heterocycles. The molecule has 2 amide bonds. The van der Waals surface area contributed by atoms with Gasteiger partial charge in [-0.3, -0.25) is 14.4 Å². The number of carboxylic acids is 1. The van der Waals surface area contributed by atoms with E-state index in [0.29, 0.717) is 42.6 Å². The summed E-state index contributed by atoms with van der Waals surface area (Å²) in [6.07, 6.45) is 2.02. The van der Waals surface area contributed by atoms with Crippen LogP contribution in [-0.4, -0.2) is 41.3 Å². The summed E-state index contributed by atoms with van der Waals surface area (Å²) in [5.41, 5.74) is 0.944. The van der Waals surface area contributed by atoms with Crippen LogP contribution < -0.4 is 10.6 Å². The van der Waals surface area contributed by atoms with E-state index in [-0.39, 0.29) is 24.0 Å². The molecule has 0 bridgehead atoms. The molecule has 142 valence electrons. The maximum Gasteiger partial charge on any atom is 0.326 e. The van der Waals surface area contributed by atoms with Crippen molar-refractivity contribution < 1.29 is 28.7 Å². The summed E-state index contributed by atoms with van der Waals surface area (Å²) in [7, 11) is 0. The van der Waals surface area contributed by atoms with Crippen LogP contribution in [0.2, 0.25) is 0 Å². The number of hydrogen-bond acceptors (Lipinski definition) is 5. The molecule has 3 N–H and O–H groups in total. The van der Waals surface area contributed by atoms with Gasteiger partial charge in [0.2, 0.25) is 5.91 Å². The van der Waals surface area contributed by atoms with Crippen molar-refractivity contribution in [3.63, 3.8) is 0 Å². The first kappa shape index (κ1) is 19.7. The topological polar surface area (TPSA) is 126 Å². The van der Waals surface area contributed by atoms with Gasteiger partial charge in [0.05, 0.1) is 12.1 Å². The van der Waals surface area contributed by atoms with Gasteiger partial charge in [0, 0.05) is 18.4 Å². The largest absolute Gasteiger partial charge is 0.480 e. The maximum absolute atomic E-state index is 12.3. The molecule has 0 spiro atoms. The molecule has 1 heterocycles. The van der Waals surface area contributed by atoms with E-state index in [9.17, 15) is 19.2 Å². The third-order valence-electron chi connectivity index (χ3n) is 4.26. The third kappa shape index (κ3) is 4.50. The number of amides is 2. The smallest absolute Gasteiger partial charge is 0.326 e. The molecular formula is C18H24N2O6. The van der Waals surface area contributed by atoms with Crippen molar-refractivity contribution in [2.75, 3.05) is 6.54 Å². The van der Waals surface area contributed by atoms with Crippen LogP contribution >= 0.6 is 0 Å². The second kappa shape index (κ2) is 8.16. The van der Waals surface area contributed by atoms with E-state index < -0.39 is 23.8 Å². The summed E-state index contributed by atoms with van der Waals surface area (Å²) in [5.74, 6) is -1.73. The van der Waals surface area contributed by atoms with Crippen molar-refractivity contribution in [1.29, 1.82) is 0 Å². The van der Waals surface area contributed by atoms with Gasteiger partial charge in [-0.2, -0.15) is 0 Å². The number of aryl methyl sites for hydroxylation is 1. The lowest BCUT2D eigenvalue weighted by Gasteiger charge is -2.16. The molecule has 0 unspecified atom stereocenters. The number of rotatable bonds is 7. The molecule has 0 saturated carbocycles. The summed E-state index contributed by atoms with van der Waals surface area (Å²) >= 11 is 0. The number of carboxylic acid groups (broad SMARTS) is 1. The predicted molar refractivity (Wildman–Crippen MR) is 92.1 cm³/mol. The number of Topliss-reactive ketones (excluding diaryl/α,β-unsaturated/α-hetero) is 1. The minimum Gasteiger partial charge on any atom is -0.480 e. The maximum atomic E-state index is 12.3. The van der Waals surface area contributed by atoms with Crippen LogP contribution in [0.5, 0.6) is 0 Å². The SMILES string of the molecule is Cc1c(C(=O)NCC(=O)N[C@@H](CC(C)C)C(=O)O)oc2c1C(=O)CCC2. The summed E-state index contributed by atoms with van der Waals surface area (Å²) in [6.45, 7) is 4.97. The van der Waals surface area contributed by atoms with Crippen LogP contribution in [0.3, 0.4) is 0 Å². The summed E-state index contributed by atoms with van der Waals surface area (Å²) in [4.78, 5) is 47.4. The zero-order chi connectivity index (χ0) is 19.4. The zero-order valence-electron chi connectivity index (χ0n) is 15.2. The Morgan fingerprint density at radius 2 is 1.92 bits per heavy atom. The summed E-state index contributed by atoms with van der Waals surface area (Å²) in [5, 5.41) is 13.9. The van der Waals surface area contributed by atoms with E-state index in [1.165, 1.54) is 0 Å². The number of ketones is 1. The van der Waals surface area contributed by atoms with Crippen LogP contribution in [0.4, 0.5) is 0 Å². The molecular weight excluding hydrogens is 340 g/mol. The molecule has 0 fully saturated rings. The van der Waals surface area contributed by atoms with Crippen molar-refractivity contribution in [2.45, 2.75) is 52.5 Å². The van der Waals surface area contributed by atoms with E-state index in [0.717, 1.165) is 0 Å². The molecule has 26 heavy (non-hydrogen) atoms. The van der Waals surface area contributed by atoms with Crippen molar-refractivity contribution in [2.24, 2.45) is 5.92 Å². The molecule has 1 aliphatic rings. The molecule has 0 aromatic carbocycles. The summed E-state index contributed by atoms with van der Waals surface area (Å²) < 4.78 is 5.51. The summed E-state index contributed by atoms with van der Waals surface area (Å²) in [6, 6.07) is -1.00. The monoisotopic (exact) mass is 364 g/mol. The molecule has 1 atom stereocenters. The highest BCUT2D eigenvalue weighted by atomic mass is 16.4. The Labute approximate surface area is 151 Å². The molecule has 0 radical (unpaired) electrons. The lowest BCUT2D eigenvalue weighted by atomic mass is 9.94. The lowest BCUT2D eigenvalue weighted by molar-refractivity contribution is -0.142. The normalized spacial score (nSPS) is 14.7. The Hall–Kier alpha value is -2.64. The number of aliphatic carboxylic acids is 1. The minimum absolute atomic E-state index is 0.0232. The highest BCUT2D eigenvalue weighted by Crippen LogP contribution is 2.29.